The number of carbonyl (C=O) groups is 1. The monoisotopic (exact) mass is 347 g/mol. The van der Waals surface area contributed by atoms with Crippen LogP contribution in [0.2, 0.25) is 0 Å². The molecule has 3 aromatic rings. The normalized spacial score (nSPS) is 13.3. The molecular formula is C22H18FNO2. The van der Waals surface area contributed by atoms with Crippen LogP contribution in [-0.2, 0) is 6.42 Å². The summed E-state index contributed by atoms with van der Waals surface area (Å²) in [6, 6.07) is 21.8. The first kappa shape index (κ1) is 16.3. The highest BCUT2D eigenvalue weighted by Crippen LogP contribution is 2.31. The molecule has 3 nitrogen and oxygen atoms in total. The van der Waals surface area contributed by atoms with E-state index in [1.165, 1.54) is 11.6 Å². The number of hydrogen-bond acceptors (Lipinski definition) is 2. The minimum Gasteiger partial charge on any atom is -0.472 e. The lowest BCUT2D eigenvalue weighted by molar-refractivity contribution is 0.0525. The highest BCUT2D eigenvalue weighted by Gasteiger charge is 2.25. The molecule has 1 aliphatic heterocycles. The first-order valence-electron chi connectivity index (χ1n) is 8.57. The number of halogens is 1. The molecule has 0 radical (unpaired) electrons. The first-order valence-corrected chi connectivity index (χ1v) is 8.57. The Hall–Kier alpha value is -3.14. The van der Waals surface area contributed by atoms with Gasteiger partial charge in [-0.15, -0.1) is 0 Å². The maximum Gasteiger partial charge on any atom is 0.260 e. The summed E-state index contributed by atoms with van der Waals surface area (Å²) >= 11 is 0. The van der Waals surface area contributed by atoms with Gasteiger partial charge in [-0.3, -0.25) is 4.79 Å². The molecule has 0 atom stereocenters. The largest absolute Gasteiger partial charge is 0.472 e. The first-order chi connectivity index (χ1) is 12.7. The molecular weight excluding hydrogens is 329 g/mol. The van der Waals surface area contributed by atoms with Crippen molar-refractivity contribution in [1.82, 2.24) is 4.90 Å². The Balaban J connectivity index is 1.53. The van der Waals surface area contributed by atoms with Crippen LogP contribution in [0.25, 0.3) is 11.1 Å². The van der Waals surface area contributed by atoms with Crippen LogP contribution in [0, 0.1) is 5.82 Å². The Kier molecular flexibility index (Phi) is 4.40. The number of amides is 1. The highest BCUT2D eigenvalue weighted by molar-refractivity contribution is 5.98. The number of fused-ring (bicyclic) bond motifs is 1. The van der Waals surface area contributed by atoms with Crippen molar-refractivity contribution >= 4 is 5.91 Å². The molecule has 130 valence electrons. The summed E-state index contributed by atoms with van der Waals surface area (Å²) in [6.45, 7) is 0.802. The Morgan fingerprint density at radius 2 is 1.69 bits per heavy atom. The van der Waals surface area contributed by atoms with Gasteiger partial charge in [0.2, 0.25) is 0 Å². The van der Waals surface area contributed by atoms with Gasteiger partial charge in [0, 0.05) is 12.1 Å². The van der Waals surface area contributed by atoms with E-state index >= 15 is 0 Å². The van der Waals surface area contributed by atoms with Crippen molar-refractivity contribution in [3.63, 3.8) is 0 Å². The molecule has 0 unspecified atom stereocenters. The molecule has 3 aromatic carbocycles. The van der Waals surface area contributed by atoms with E-state index in [0.717, 1.165) is 6.42 Å². The third-order valence-electron chi connectivity index (χ3n) is 4.57. The van der Waals surface area contributed by atoms with Crippen LogP contribution in [0.3, 0.4) is 0 Å². The number of carbonyl (C=O) groups excluding carboxylic acids is 1. The summed E-state index contributed by atoms with van der Waals surface area (Å²) in [7, 11) is 0. The molecule has 4 heteroatoms. The molecule has 1 amide bonds. The predicted molar refractivity (Wildman–Crippen MR) is 98.5 cm³/mol. The molecule has 0 saturated carbocycles. The minimum absolute atomic E-state index is 0.0535. The fraction of sp³-hybridized carbons (Fsp3) is 0.136. The number of benzene rings is 3. The number of nitrogens with zero attached hydrogens (tertiary/aromatic N) is 1. The second-order valence-corrected chi connectivity index (χ2v) is 6.27. The Morgan fingerprint density at radius 3 is 2.50 bits per heavy atom. The lowest BCUT2D eigenvalue weighted by Crippen LogP contribution is -2.39. The minimum atomic E-state index is -0.293. The van der Waals surface area contributed by atoms with Gasteiger partial charge in [-0.25, -0.2) is 4.39 Å². The van der Waals surface area contributed by atoms with E-state index in [-0.39, 0.29) is 18.5 Å². The van der Waals surface area contributed by atoms with Crippen LogP contribution in [0.4, 0.5) is 4.39 Å². The maximum absolute atomic E-state index is 14.0. The summed E-state index contributed by atoms with van der Waals surface area (Å²) in [5.41, 5.74) is 2.90. The average molecular weight is 347 g/mol. The van der Waals surface area contributed by atoms with E-state index in [9.17, 15) is 9.18 Å². The van der Waals surface area contributed by atoms with Crippen LogP contribution in [0.5, 0.6) is 5.75 Å². The van der Waals surface area contributed by atoms with Gasteiger partial charge in [-0.05, 0) is 35.7 Å². The third kappa shape index (κ3) is 3.18. The summed E-state index contributed by atoms with van der Waals surface area (Å²) in [5.74, 6) is 0.160. The molecule has 26 heavy (non-hydrogen) atoms. The molecule has 1 aliphatic rings. The van der Waals surface area contributed by atoms with Crippen molar-refractivity contribution in [3.8, 4) is 16.9 Å². The zero-order valence-corrected chi connectivity index (χ0v) is 14.2. The van der Waals surface area contributed by atoms with Gasteiger partial charge in [0.1, 0.15) is 11.6 Å². The Morgan fingerprint density at radius 1 is 0.923 bits per heavy atom. The topological polar surface area (TPSA) is 29.5 Å². The maximum atomic E-state index is 14.0. The second kappa shape index (κ2) is 7.00. The molecule has 0 fully saturated rings. The van der Waals surface area contributed by atoms with Gasteiger partial charge in [0.05, 0.1) is 5.56 Å². The Labute approximate surface area is 151 Å². The molecule has 0 bridgehead atoms. The van der Waals surface area contributed by atoms with Gasteiger partial charge in [0.15, 0.2) is 6.73 Å². The van der Waals surface area contributed by atoms with Gasteiger partial charge in [-0.1, -0.05) is 54.6 Å². The molecule has 0 spiro atoms. The number of rotatable bonds is 4. The van der Waals surface area contributed by atoms with Crippen molar-refractivity contribution in [2.24, 2.45) is 0 Å². The summed E-state index contributed by atoms with van der Waals surface area (Å²) in [6.07, 6.45) is 0.776. The molecule has 4 rings (SSSR count). The predicted octanol–water partition coefficient (Wildman–Crippen LogP) is 4.53. The van der Waals surface area contributed by atoms with Crippen LogP contribution in [0.15, 0.2) is 72.8 Å². The van der Waals surface area contributed by atoms with E-state index in [0.29, 0.717) is 29.0 Å². The second-order valence-electron chi connectivity index (χ2n) is 6.27. The molecule has 1 heterocycles. The quantitative estimate of drug-likeness (QED) is 0.694. The SMILES string of the molecule is O=C1c2ccc(-c3ccccc3F)cc2OCN1CCc1ccccc1. The van der Waals surface area contributed by atoms with Gasteiger partial charge in [-0.2, -0.15) is 0 Å². The summed E-state index contributed by atoms with van der Waals surface area (Å²) in [5, 5.41) is 0. The molecule has 0 aliphatic carbocycles. The van der Waals surface area contributed by atoms with Crippen molar-refractivity contribution in [2.45, 2.75) is 6.42 Å². The van der Waals surface area contributed by atoms with Crippen molar-refractivity contribution in [1.29, 1.82) is 0 Å². The van der Waals surface area contributed by atoms with E-state index in [1.54, 1.807) is 41.3 Å². The van der Waals surface area contributed by atoms with Crippen molar-refractivity contribution in [3.05, 3.63) is 89.7 Å². The summed E-state index contributed by atoms with van der Waals surface area (Å²) < 4.78 is 19.8. The fourth-order valence-corrected chi connectivity index (χ4v) is 3.13. The van der Waals surface area contributed by atoms with Crippen molar-refractivity contribution in [2.75, 3.05) is 13.3 Å². The van der Waals surface area contributed by atoms with E-state index in [2.05, 4.69) is 0 Å². The van der Waals surface area contributed by atoms with Crippen LogP contribution in [-0.4, -0.2) is 24.1 Å². The number of ether oxygens (including phenoxy) is 1. The lowest BCUT2D eigenvalue weighted by Gasteiger charge is -2.29. The smallest absolute Gasteiger partial charge is 0.260 e. The van der Waals surface area contributed by atoms with E-state index in [1.807, 2.05) is 30.3 Å². The molecule has 0 N–H and O–H groups in total. The van der Waals surface area contributed by atoms with Gasteiger partial charge in [0.25, 0.3) is 5.91 Å². The van der Waals surface area contributed by atoms with E-state index in [4.69, 9.17) is 4.74 Å². The number of hydrogen-bond donors (Lipinski definition) is 0. The highest BCUT2D eigenvalue weighted by atomic mass is 19.1. The third-order valence-corrected chi connectivity index (χ3v) is 4.57. The molecule has 0 aromatic heterocycles. The lowest BCUT2D eigenvalue weighted by atomic mass is 10.0. The van der Waals surface area contributed by atoms with Gasteiger partial charge < -0.3 is 9.64 Å². The zero-order valence-electron chi connectivity index (χ0n) is 14.2. The van der Waals surface area contributed by atoms with Crippen LogP contribution in [0.1, 0.15) is 15.9 Å². The fourth-order valence-electron chi connectivity index (χ4n) is 3.13. The summed E-state index contributed by atoms with van der Waals surface area (Å²) in [4.78, 5) is 14.4. The zero-order chi connectivity index (χ0) is 17.9. The van der Waals surface area contributed by atoms with E-state index < -0.39 is 0 Å². The molecule has 0 saturated heterocycles. The standard InChI is InChI=1S/C22H18FNO2/c23-20-9-5-4-8-18(20)17-10-11-19-21(14-17)26-15-24(22(19)25)13-12-16-6-2-1-3-7-16/h1-11,14H,12-13,15H2. The van der Waals surface area contributed by atoms with Crippen LogP contribution >= 0.6 is 0 Å². The van der Waals surface area contributed by atoms with Gasteiger partial charge >= 0.3 is 0 Å². The average Bonchev–Trinajstić information content (AvgIpc) is 2.68. The van der Waals surface area contributed by atoms with Crippen LogP contribution < -0.4 is 4.74 Å². The van der Waals surface area contributed by atoms with Crippen molar-refractivity contribution < 1.29 is 13.9 Å². The Bertz CT molecular complexity index is 940.